The molecule has 5 aliphatic carbocycles. The summed E-state index contributed by atoms with van der Waals surface area (Å²) in [6.45, 7) is 23.2. The lowest BCUT2D eigenvalue weighted by atomic mass is 9.33. The van der Waals surface area contributed by atoms with Gasteiger partial charge in [-0.15, -0.1) is 0 Å². The number of nitrogens with one attached hydrogen (secondary N) is 1. The summed E-state index contributed by atoms with van der Waals surface area (Å²) < 4.78 is 12.7. The van der Waals surface area contributed by atoms with Crippen molar-refractivity contribution in [3.8, 4) is 0 Å². The lowest BCUT2D eigenvalue weighted by Crippen LogP contribution is -2.66. The number of rotatable bonds is 14. The van der Waals surface area contributed by atoms with Crippen molar-refractivity contribution in [1.82, 2.24) is 5.32 Å². The van der Waals surface area contributed by atoms with E-state index in [9.17, 15) is 34.2 Å². The van der Waals surface area contributed by atoms with Gasteiger partial charge < -0.3 is 25.0 Å². The number of Topliss-reactive ketones (excluding diaryl/α,β-unsaturated/α-hetero) is 1. The topological polar surface area (TPSA) is 156 Å². The second kappa shape index (κ2) is 16.4. The first-order valence-corrected chi connectivity index (χ1v) is 23.1. The van der Waals surface area contributed by atoms with Crippen molar-refractivity contribution in [2.24, 2.45) is 61.6 Å². The molecular weight excluding hydrogens is 794 g/mol. The van der Waals surface area contributed by atoms with Gasteiger partial charge in [0, 0.05) is 35.4 Å². The molecule has 338 valence electrons. The molecule has 1 unspecified atom stereocenters. The highest BCUT2D eigenvalue weighted by Crippen LogP contribution is 2.77. The summed E-state index contributed by atoms with van der Waals surface area (Å²) >= 11 is 6.18. The Hall–Kier alpha value is -3.24. The van der Waals surface area contributed by atoms with Gasteiger partial charge in [0.05, 0.1) is 23.7 Å². The summed E-state index contributed by atoms with van der Waals surface area (Å²) in [5.74, 6) is -2.22. The first-order valence-electron chi connectivity index (χ1n) is 22.7. The van der Waals surface area contributed by atoms with Crippen molar-refractivity contribution >= 4 is 41.3 Å². The third-order valence-corrected chi connectivity index (χ3v) is 17.7. The number of allylic oxidation sites excluding steroid dienone is 1. The summed E-state index contributed by atoms with van der Waals surface area (Å²) in [6.07, 6.45) is 5.87. The van der Waals surface area contributed by atoms with E-state index in [0.717, 1.165) is 56.1 Å². The largest absolute Gasteiger partial charge is 0.481 e. The standard InChI is InChI=1S/C50H72ClNO9/c1-29(2)40-33(53)24-50(37(61-39(55)26-45(5,6)43(58)59)28-52-27-30-12-14-31(51)15-13-30)23-22-48(10)32(41(40)50)16-17-35-47(9)20-19-36(60-38(54)25-44(3,4)42(56)57)46(7,8)34(47)18-21-49(35,48)11/h12-15,29,32,34-37,52H,16-28H2,1-11H3,(H,56,57)(H,58,59)/t32-,34?,35-,36+,37-,47+,48-,49-,50+/m1/s1. The quantitative estimate of drug-likeness (QED) is 0.154. The van der Waals surface area contributed by atoms with Gasteiger partial charge in [0.15, 0.2) is 5.78 Å². The summed E-state index contributed by atoms with van der Waals surface area (Å²) in [4.78, 5) is 65.5. The number of carbonyl (C=O) groups is 5. The monoisotopic (exact) mass is 865 g/mol. The van der Waals surface area contributed by atoms with Crippen LogP contribution in [0, 0.1) is 61.6 Å². The number of ketones is 1. The molecule has 0 aromatic heterocycles. The van der Waals surface area contributed by atoms with Crippen molar-refractivity contribution < 1.29 is 43.7 Å². The van der Waals surface area contributed by atoms with Crippen LogP contribution in [0.3, 0.4) is 0 Å². The number of hydrogen-bond donors (Lipinski definition) is 3. The van der Waals surface area contributed by atoms with Crippen LogP contribution in [0.2, 0.25) is 5.02 Å². The van der Waals surface area contributed by atoms with Crippen LogP contribution in [-0.2, 0) is 40.0 Å². The molecule has 5 aliphatic rings. The maximum absolute atomic E-state index is 14.5. The van der Waals surface area contributed by atoms with Gasteiger partial charge >= 0.3 is 23.9 Å². The number of ether oxygens (including phenoxy) is 2. The van der Waals surface area contributed by atoms with Crippen LogP contribution in [0.4, 0.5) is 0 Å². The van der Waals surface area contributed by atoms with E-state index in [4.69, 9.17) is 21.1 Å². The van der Waals surface area contributed by atoms with Crippen molar-refractivity contribution in [2.45, 2.75) is 166 Å². The molecule has 11 heteroatoms. The van der Waals surface area contributed by atoms with Gasteiger partial charge in [-0.3, -0.25) is 24.0 Å². The molecule has 10 nitrogen and oxygen atoms in total. The Morgan fingerprint density at radius 1 is 0.803 bits per heavy atom. The fraction of sp³-hybridized carbons (Fsp3) is 0.740. The van der Waals surface area contributed by atoms with Gasteiger partial charge in [0.25, 0.3) is 0 Å². The van der Waals surface area contributed by atoms with Crippen LogP contribution in [0.1, 0.15) is 152 Å². The van der Waals surface area contributed by atoms with E-state index in [0.29, 0.717) is 36.4 Å². The van der Waals surface area contributed by atoms with Gasteiger partial charge in [-0.2, -0.15) is 0 Å². The summed E-state index contributed by atoms with van der Waals surface area (Å²) in [5.41, 5.74) is -0.716. The molecule has 0 saturated heterocycles. The second-order valence-electron chi connectivity index (χ2n) is 22.7. The first-order chi connectivity index (χ1) is 28.2. The third-order valence-electron chi connectivity index (χ3n) is 17.5. The predicted molar refractivity (Wildman–Crippen MR) is 234 cm³/mol. The number of benzene rings is 1. The number of hydrogen-bond acceptors (Lipinski definition) is 8. The Bertz CT molecular complexity index is 1950. The maximum atomic E-state index is 14.5. The molecule has 0 amide bonds. The van der Waals surface area contributed by atoms with Gasteiger partial charge in [-0.25, -0.2) is 0 Å². The molecule has 0 spiro atoms. The molecule has 0 heterocycles. The Balaban J connectivity index is 1.33. The molecule has 1 aromatic carbocycles. The average molecular weight is 867 g/mol. The Kier molecular flexibility index (Phi) is 12.7. The van der Waals surface area contributed by atoms with E-state index < -0.39 is 46.2 Å². The molecule has 6 rings (SSSR count). The molecular formula is C50H72ClNO9. The van der Waals surface area contributed by atoms with Crippen LogP contribution in [0.15, 0.2) is 35.4 Å². The molecule has 4 fully saturated rings. The highest BCUT2D eigenvalue weighted by molar-refractivity contribution is 6.30. The molecule has 1 aromatic rings. The minimum absolute atomic E-state index is 0.0188. The Morgan fingerprint density at radius 3 is 2.00 bits per heavy atom. The van der Waals surface area contributed by atoms with Crippen molar-refractivity contribution in [2.75, 3.05) is 6.54 Å². The van der Waals surface area contributed by atoms with Crippen LogP contribution in [0.5, 0.6) is 0 Å². The smallest absolute Gasteiger partial charge is 0.309 e. The lowest BCUT2D eigenvalue weighted by Gasteiger charge is -2.72. The highest BCUT2D eigenvalue weighted by Gasteiger charge is 2.71. The number of carboxylic acids is 2. The Morgan fingerprint density at radius 2 is 1.41 bits per heavy atom. The third kappa shape index (κ3) is 8.12. The van der Waals surface area contributed by atoms with Crippen molar-refractivity contribution in [3.05, 3.63) is 46.0 Å². The molecule has 3 N–H and O–H groups in total. The normalized spacial score (nSPS) is 33.8. The zero-order valence-corrected chi connectivity index (χ0v) is 39.4. The van der Waals surface area contributed by atoms with Gasteiger partial charge in [-0.05, 0) is 148 Å². The average Bonchev–Trinajstić information content (AvgIpc) is 3.46. The zero-order valence-electron chi connectivity index (χ0n) is 38.6. The fourth-order valence-electron chi connectivity index (χ4n) is 13.8. The summed E-state index contributed by atoms with van der Waals surface area (Å²) in [6, 6.07) is 7.59. The SMILES string of the molecule is CC(C)C1=C2[C@H]3CC[C@@H]4[C@@]5(C)CC[C@H](OC(=O)CC(C)(C)C(=O)O)C(C)(C)C5CC[C@@]4(C)[C@]3(C)CC[C@@]2([C@@H](CNCc2ccc(Cl)cc2)OC(=O)CC(C)(C)C(=O)O)CC1=O. The van der Waals surface area contributed by atoms with Crippen LogP contribution in [-0.4, -0.2) is 58.6 Å². The van der Waals surface area contributed by atoms with Gasteiger partial charge in [0.1, 0.15) is 12.2 Å². The molecule has 0 bridgehead atoms. The molecule has 0 radical (unpaired) electrons. The first kappa shape index (κ1) is 47.2. The molecule has 61 heavy (non-hydrogen) atoms. The number of halogens is 1. The number of esters is 2. The van der Waals surface area contributed by atoms with Crippen LogP contribution >= 0.6 is 11.6 Å². The number of carbonyl (C=O) groups excluding carboxylic acids is 3. The van der Waals surface area contributed by atoms with E-state index in [1.807, 2.05) is 24.3 Å². The highest BCUT2D eigenvalue weighted by atomic mass is 35.5. The maximum Gasteiger partial charge on any atom is 0.309 e. The van der Waals surface area contributed by atoms with E-state index in [2.05, 4.69) is 53.8 Å². The number of carboxylic acid groups (broad SMARTS) is 2. The van der Waals surface area contributed by atoms with Crippen molar-refractivity contribution in [1.29, 1.82) is 0 Å². The van der Waals surface area contributed by atoms with E-state index in [1.54, 1.807) is 13.8 Å². The Labute approximate surface area is 368 Å². The van der Waals surface area contributed by atoms with Crippen molar-refractivity contribution in [3.63, 3.8) is 0 Å². The zero-order chi connectivity index (χ0) is 45.3. The summed E-state index contributed by atoms with van der Waals surface area (Å²) in [7, 11) is 0. The van der Waals surface area contributed by atoms with E-state index in [-0.39, 0.29) is 64.6 Å². The number of aliphatic carboxylic acids is 2. The van der Waals surface area contributed by atoms with Crippen LogP contribution < -0.4 is 5.32 Å². The summed E-state index contributed by atoms with van der Waals surface area (Å²) in [5, 5.41) is 23.8. The van der Waals surface area contributed by atoms with Gasteiger partial charge in [-0.1, -0.05) is 72.2 Å². The van der Waals surface area contributed by atoms with Crippen LogP contribution in [0.25, 0.3) is 0 Å². The second-order valence-corrected chi connectivity index (χ2v) is 23.1. The fourth-order valence-corrected chi connectivity index (χ4v) is 14.0. The van der Waals surface area contributed by atoms with E-state index >= 15 is 0 Å². The molecule has 0 aliphatic heterocycles. The minimum Gasteiger partial charge on any atom is -0.481 e. The predicted octanol–water partition coefficient (Wildman–Crippen LogP) is 10.2. The molecule has 4 saturated carbocycles. The van der Waals surface area contributed by atoms with E-state index in [1.165, 1.54) is 19.4 Å². The van der Waals surface area contributed by atoms with Gasteiger partial charge in [0.2, 0.25) is 0 Å². The lowest BCUT2D eigenvalue weighted by molar-refractivity contribution is -0.235. The number of fused-ring (bicyclic) bond motifs is 7. The molecule has 9 atom stereocenters. The minimum atomic E-state index is -1.32.